The fourth-order valence-corrected chi connectivity index (χ4v) is 1.71. The molecule has 0 unspecified atom stereocenters. The molecule has 0 fully saturated rings. The van der Waals surface area contributed by atoms with Crippen molar-refractivity contribution in [3.63, 3.8) is 0 Å². The van der Waals surface area contributed by atoms with Crippen molar-refractivity contribution >= 4 is 16.9 Å². The number of nitrogens with zero attached hydrogens (tertiary/aromatic N) is 3. The third-order valence-electron chi connectivity index (χ3n) is 2.43. The zero-order chi connectivity index (χ0) is 10.3. The van der Waals surface area contributed by atoms with Crippen molar-refractivity contribution in [1.82, 2.24) is 14.5 Å². The summed E-state index contributed by atoms with van der Waals surface area (Å²) in [5.41, 5.74) is 8.91. The van der Waals surface area contributed by atoms with E-state index in [0.717, 1.165) is 11.0 Å². The lowest BCUT2D eigenvalue weighted by atomic mass is 10.1. The first-order valence-corrected chi connectivity index (χ1v) is 4.66. The topological polar surface area (TPSA) is 56.7 Å². The summed E-state index contributed by atoms with van der Waals surface area (Å²) in [6.45, 7) is 4.29. The molecule has 4 nitrogen and oxygen atoms in total. The highest BCUT2D eigenvalue weighted by Crippen LogP contribution is 2.26. The molecule has 0 radical (unpaired) electrons. The average Bonchev–Trinajstić information content (AvgIpc) is 2.45. The van der Waals surface area contributed by atoms with E-state index in [1.54, 1.807) is 0 Å². The Hall–Kier alpha value is -1.58. The van der Waals surface area contributed by atoms with Crippen LogP contribution in [0.1, 0.15) is 25.3 Å². The maximum absolute atomic E-state index is 5.80. The highest BCUT2D eigenvalue weighted by atomic mass is 15.0. The van der Waals surface area contributed by atoms with Crippen LogP contribution in [-0.2, 0) is 7.05 Å². The first kappa shape index (κ1) is 8.99. The standard InChI is InChI=1S/C10H14N4/c1-6(2)7-4-14(3)9-8(7)12-5-13-10(9)11/h4-6H,1-3H3,(H2,11,12,13). The van der Waals surface area contributed by atoms with Gasteiger partial charge in [-0.15, -0.1) is 0 Å². The number of aryl methyl sites for hydroxylation is 1. The molecule has 2 rings (SSSR count). The van der Waals surface area contributed by atoms with Crippen molar-refractivity contribution in [2.75, 3.05) is 5.73 Å². The second-order valence-corrected chi connectivity index (χ2v) is 3.81. The van der Waals surface area contributed by atoms with Gasteiger partial charge < -0.3 is 10.3 Å². The summed E-state index contributed by atoms with van der Waals surface area (Å²) in [6, 6.07) is 0. The van der Waals surface area contributed by atoms with Crippen LogP contribution in [0.15, 0.2) is 12.5 Å². The summed E-state index contributed by atoms with van der Waals surface area (Å²) in [6.07, 6.45) is 3.59. The van der Waals surface area contributed by atoms with Crippen molar-refractivity contribution < 1.29 is 0 Å². The molecule has 0 atom stereocenters. The van der Waals surface area contributed by atoms with Gasteiger partial charge in [0, 0.05) is 13.2 Å². The summed E-state index contributed by atoms with van der Waals surface area (Å²) >= 11 is 0. The summed E-state index contributed by atoms with van der Waals surface area (Å²) in [4.78, 5) is 8.26. The van der Waals surface area contributed by atoms with Crippen molar-refractivity contribution in [2.24, 2.45) is 7.05 Å². The molecule has 2 N–H and O–H groups in total. The molecule has 14 heavy (non-hydrogen) atoms. The second-order valence-electron chi connectivity index (χ2n) is 3.81. The van der Waals surface area contributed by atoms with E-state index in [9.17, 15) is 0 Å². The molecule has 0 aliphatic heterocycles. The smallest absolute Gasteiger partial charge is 0.151 e. The van der Waals surface area contributed by atoms with Gasteiger partial charge in [0.2, 0.25) is 0 Å². The number of nitrogen functional groups attached to an aromatic ring is 1. The van der Waals surface area contributed by atoms with E-state index < -0.39 is 0 Å². The van der Waals surface area contributed by atoms with Crippen LogP contribution in [0.2, 0.25) is 0 Å². The largest absolute Gasteiger partial charge is 0.382 e. The van der Waals surface area contributed by atoms with Crippen molar-refractivity contribution in [2.45, 2.75) is 19.8 Å². The minimum atomic E-state index is 0.452. The molecule has 0 spiro atoms. The highest BCUT2D eigenvalue weighted by Gasteiger charge is 2.12. The van der Waals surface area contributed by atoms with Gasteiger partial charge in [0.1, 0.15) is 11.8 Å². The Labute approximate surface area is 82.8 Å². The number of aromatic nitrogens is 3. The third kappa shape index (κ3) is 1.14. The van der Waals surface area contributed by atoms with Crippen LogP contribution in [0, 0.1) is 0 Å². The van der Waals surface area contributed by atoms with Crippen LogP contribution in [0.3, 0.4) is 0 Å². The summed E-state index contributed by atoms with van der Waals surface area (Å²) in [7, 11) is 1.97. The molecule has 2 aromatic heterocycles. The number of rotatable bonds is 1. The number of anilines is 1. The van der Waals surface area contributed by atoms with Gasteiger partial charge in [0.25, 0.3) is 0 Å². The minimum absolute atomic E-state index is 0.452. The summed E-state index contributed by atoms with van der Waals surface area (Å²) in [5, 5.41) is 0. The zero-order valence-corrected chi connectivity index (χ0v) is 8.65. The van der Waals surface area contributed by atoms with E-state index in [4.69, 9.17) is 5.73 Å². The fourth-order valence-electron chi connectivity index (χ4n) is 1.71. The SMILES string of the molecule is CC(C)c1cn(C)c2c(N)ncnc12. The molecule has 4 heteroatoms. The Balaban J connectivity index is 2.84. The molecule has 0 saturated carbocycles. The lowest BCUT2D eigenvalue weighted by Gasteiger charge is -2.00. The molecule has 2 aromatic rings. The number of nitrogens with two attached hydrogens (primary N) is 1. The number of hydrogen-bond donors (Lipinski definition) is 1. The van der Waals surface area contributed by atoms with Gasteiger partial charge in [-0.1, -0.05) is 13.8 Å². The third-order valence-corrected chi connectivity index (χ3v) is 2.43. The van der Waals surface area contributed by atoms with E-state index >= 15 is 0 Å². The lowest BCUT2D eigenvalue weighted by molar-refractivity contribution is 0.856. The molecule has 0 saturated heterocycles. The zero-order valence-electron chi connectivity index (χ0n) is 8.65. The molecule has 0 aromatic carbocycles. The molecular weight excluding hydrogens is 176 g/mol. The lowest BCUT2D eigenvalue weighted by Crippen LogP contribution is -1.96. The maximum Gasteiger partial charge on any atom is 0.151 e. The predicted molar refractivity (Wildman–Crippen MR) is 57.0 cm³/mol. The van der Waals surface area contributed by atoms with Gasteiger partial charge in [-0.05, 0) is 11.5 Å². The molecule has 74 valence electrons. The van der Waals surface area contributed by atoms with Gasteiger partial charge in [0.15, 0.2) is 5.82 Å². The Morgan fingerprint density at radius 2 is 2.07 bits per heavy atom. The monoisotopic (exact) mass is 190 g/mol. The molecule has 2 heterocycles. The van der Waals surface area contributed by atoms with Crippen LogP contribution < -0.4 is 5.73 Å². The molecular formula is C10H14N4. The van der Waals surface area contributed by atoms with Crippen molar-refractivity contribution in [3.8, 4) is 0 Å². The van der Waals surface area contributed by atoms with Crippen LogP contribution in [0.5, 0.6) is 0 Å². The first-order valence-electron chi connectivity index (χ1n) is 4.66. The van der Waals surface area contributed by atoms with Crippen LogP contribution in [0.25, 0.3) is 11.0 Å². The molecule has 0 aliphatic rings. The predicted octanol–water partition coefficient (Wildman–Crippen LogP) is 1.67. The normalized spacial score (nSPS) is 11.4. The fraction of sp³-hybridized carbons (Fsp3) is 0.400. The second kappa shape index (κ2) is 2.97. The van der Waals surface area contributed by atoms with Crippen LogP contribution >= 0.6 is 0 Å². The van der Waals surface area contributed by atoms with E-state index in [2.05, 4.69) is 30.0 Å². The molecule has 0 bridgehead atoms. The summed E-state index contributed by atoms with van der Waals surface area (Å²) < 4.78 is 1.99. The summed E-state index contributed by atoms with van der Waals surface area (Å²) in [5.74, 6) is 0.998. The van der Waals surface area contributed by atoms with Gasteiger partial charge >= 0.3 is 0 Å². The van der Waals surface area contributed by atoms with Gasteiger partial charge in [-0.2, -0.15) is 0 Å². The Kier molecular flexibility index (Phi) is 1.91. The van der Waals surface area contributed by atoms with Crippen molar-refractivity contribution in [3.05, 3.63) is 18.1 Å². The number of hydrogen-bond acceptors (Lipinski definition) is 3. The Morgan fingerprint density at radius 1 is 1.36 bits per heavy atom. The molecule has 0 amide bonds. The Morgan fingerprint density at radius 3 is 2.71 bits per heavy atom. The quantitative estimate of drug-likeness (QED) is 0.744. The average molecular weight is 190 g/mol. The maximum atomic E-state index is 5.80. The van der Waals surface area contributed by atoms with Crippen molar-refractivity contribution in [1.29, 1.82) is 0 Å². The van der Waals surface area contributed by atoms with E-state index in [0.29, 0.717) is 11.7 Å². The van der Waals surface area contributed by atoms with Crippen LogP contribution in [-0.4, -0.2) is 14.5 Å². The van der Waals surface area contributed by atoms with Gasteiger partial charge in [0.05, 0.1) is 5.52 Å². The Bertz CT molecular complexity index is 470. The van der Waals surface area contributed by atoms with E-state index in [-0.39, 0.29) is 0 Å². The van der Waals surface area contributed by atoms with Gasteiger partial charge in [-0.25, -0.2) is 9.97 Å². The van der Waals surface area contributed by atoms with Crippen LogP contribution in [0.4, 0.5) is 5.82 Å². The number of fused-ring (bicyclic) bond motifs is 1. The minimum Gasteiger partial charge on any atom is -0.382 e. The van der Waals surface area contributed by atoms with E-state index in [1.807, 2.05) is 11.6 Å². The van der Waals surface area contributed by atoms with E-state index in [1.165, 1.54) is 11.9 Å². The van der Waals surface area contributed by atoms with Gasteiger partial charge in [-0.3, -0.25) is 0 Å². The first-order chi connectivity index (χ1) is 6.61. The highest BCUT2D eigenvalue weighted by molar-refractivity contribution is 5.88. The molecule has 0 aliphatic carbocycles.